The highest BCUT2D eigenvalue weighted by Crippen LogP contribution is 2.39. The minimum atomic E-state index is -0.629. The molecular formula is C24H29BrCl2N2O. The van der Waals surface area contributed by atoms with Gasteiger partial charge in [0.15, 0.2) is 4.84 Å². The van der Waals surface area contributed by atoms with Gasteiger partial charge in [-0.3, -0.25) is 0 Å². The van der Waals surface area contributed by atoms with Crippen LogP contribution >= 0.6 is 39.1 Å². The molecule has 3 aromatic rings. The van der Waals surface area contributed by atoms with Gasteiger partial charge in [0.25, 0.3) is 0 Å². The number of fused-ring (bicyclic) bond motifs is 2. The number of halogens is 3. The van der Waals surface area contributed by atoms with E-state index >= 15 is 0 Å². The van der Waals surface area contributed by atoms with Crippen LogP contribution in [0.1, 0.15) is 67.8 Å². The molecule has 162 valence electrons. The summed E-state index contributed by atoms with van der Waals surface area (Å²) >= 11 is 15.7. The number of aromatic nitrogens is 2. The van der Waals surface area contributed by atoms with Crippen molar-refractivity contribution in [1.82, 2.24) is 9.38 Å². The lowest BCUT2D eigenvalue weighted by molar-refractivity contribution is 0.414. The number of hydrogen-bond acceptors (Lipinski definition) is 2. The van der Waals surface area contributed by atoms with Crippen molar-refractivity contribution in [2.24, 2.45) is 0 Å². The Kier molecular flexibility index (Phi) is 9.73. The van der Waals surface area contributed by atoms with Crippen LogP contribution in [-0.4, -0.2) is 16.5 Å². The summed E-state index contributed by atoms with van der Waals surface area (Å²) in [7, 11) is 1.70. The first kappa shape index (κ1) is 24.8. The summed E-state index contributed by atoms with van der Waals surface area (Å²) in [6, 6.07) is 10.5. The van der Waals surface area contributed by atoms with Crippen molar-refractivity contribution < 1.29 is 4.74 Å². The second-order valence-electron chi connectivity index (χ2n) is 6.30. The standard InChI is InChI=1S/C20H17BrCl2N2O.2C2H6/c1-26-14-5-6-15-12(9-14)3-2-4-16(21)19(15)13-7-8-25-11-17(20(22)23)24-18(25)10-13;2*1-2/h5-11,20H,2-4H2,1H3;2*1-2H3. The van der Waals surface area contributed by atoms with E-state index in [2.05, 4.69) is 45.2 Å². The molecule has 2 heterocycles. The van der Waals surface area contributed by atoms with E-state index in [1.165, 1.54) is 21.2 Å². The number of rotatable bonds is 3. The van der Waals surface area contributed by atoms with Crippen molar-refractivity contribution in [2.75, 3.05) is 7.11 Å². The van der Waals surface area contributed by atoms with E-state index < -0.39 is 4.84 Å². The van der Waals surface area contributed by atoms with Crippen molar-refractivity contribution >= 4 is 50.4 Å². The zero-order valence-electron chi connectivity index (χ0n) is 18.2. The number of ether oxygens (including phenoxy) is 1. The molecule has 6 heteroatoms. The van der Waals surface area contributed by atoms with Crippen LogP contribution in [-0.2, 0) is 6.42 Å². The molecule has 1 aliphatic rings. The Bertz CT molecular complexity index is 1010. The average Bonchev–Trinajstić information content (AvgIpc) is 3.14. The first-order valence-corrected chi connectivity index (χ1v) is 12.1. The van der Waals surface area contributed by atoms with Crippen LogP contribution in [0.5, 0.6) is 5.75 Å². The summed E-state index contributed by atoms with van der Waals surface area (Å²) in [5.74, 6) is 0.893. The normalized spacial score (nSPS) is 13.1. The number of allylic oxidation sites excluding steroid dienone is 1. The summed E-state index contributed by atoms with van der Waals surface area (Å²) in [5.41, 5.74) is 6.36. The molecule has 4 rings (SSSR count). The van der Waals surface area contributed by atoms with E-state index in [9.17, 15) is 0 Å². The Morgan fingerprint density at radius 3 is 2.47 bits per heavy atom. The van der Waals surface area contributed by atoms with Crippen molar-refractivity contribution in [3.05, 3.63) is 69.6 Å². The number of hydrogen-bond donors (Lipinski definition) is 0. The summed E-state index contributed by atoms with van der Waals surface area (Å²) in [4.78, 5) is 3.91. The number of alkyl halides is 2. The third-order valence-electron chi connectivity index (χ3n) is 4.69. The van der Waals surface area contributed by atoms with Gasteiger partial charge in [0.05, 0.1) is 12.8 Å². The highest BCUT2D eigenvalue weighted by atomic mass is 79.9. The van der Waals surface area contributed by atoms with Gasteiger partial charge >= 0.3 is 0 Å². The predicted octanol–water partition coefficient (Wildman–Crippen LogP) is 8.36. The van der Waals surface area contributed by atoms with E-state index in [1.54, 1.807) is 7.11 Å². The van der Waals surface area contributed by atoms with Crippen molar-refractivity contribution in [3.63, 3.8) is 0 Å². The Hall–Kier alpha value is -1.49. The first-order valence-electron chi connectivity index (χ1n) is 10.4. The Balaban J connectivity index is 0.000000757. The molecule has 0 aliphatic heterocycles. The zero-order chi connectivity index (χ0) is 22.3. The summed E-state index contributed by atoms with van der Waals surface area (Å²) in [6.45, 7) is 8.00. The van der Waals surface area contributed by atoms with E-state index in [-0.39, 0.29) is 0 Å². The van der Waals surface area contributed by atoms with Gasteiger partial charge in [-0.2, -0.15) is 0 Å². The minimum absolute atomic E-state index is 0.629. The van der Waals surface area contributed by atoms with E-state index in [0.717, 1.165) is 36.2 Å². The van der Waals surface area contributed by atoms with E-state index in [4.69, 9.17) is 27.9 Å². The third-order valence-corrected chi connectivity index (χ3v) is 5.93. The highest BCUT2D eigenvalue weighted by Gasteiger charge is 2.19. The fourth-order valence-electron chi connectivity index (χ4n) is 3.43. The van der Waals surface area contributed by atoms with E-state index in [0.29, 0.717) is 5.69 Å². The molecule has 0 bridgehead atoms. The molecule has 0 saturated heterocycles. The molecule has 0 fully saturated rings. The Labute approximate surface area is 198 Å². The third kappa shape index (κ3) is 5.40. The lowest BCUT2D eigenvalue weighted by Crippen LogP contribution is -1.96. The van der Waals surface area contributed by atoms with Gasteiger partial charge < -0.3 is 9.14 Å². The molecule has 3 nitrogen and oxygen atoms in total. The van der Waals surface area contributed by atoms with Crippen LogP contribution < -0.4 is 4.74 Å². The molecule has 0 spiro atoms. The minimum Gasteiger partial charge on any atom is -0.497 e. The van der Waals surface area contributed by atoms with Crippen molar-refractivity contribution in [1.29, 1.82) is 0 Å². The largest absolute Gasteiger partial charge is 0.497 e. The molecule has 2 aromatic heterocycles. The fourth-order valence-corrected chi connectivity index (χ4v) is 4.36. The smallest absolute Gasteiger partial charge is 0.151 e. The van der Waals surface area contributed by atoms with Gasteiger partial charge in [0.2, 0.25) is 0 Å². The van der Waals surface area contributed by atoms with Crippen molar-refractivity contribution in [2.45, 2.75) is 51.8 Å². The van der Waals surface area contributed by atoms with Crippen LogP contribution in [0.25, 0.3) is 11.2 Å². The van der Waals surface area contributed by atoms with Gasteiger partial charge in [-0.1, -0.05) is 72.9 Å². The number of methoxy groups -OCH3 is 1. The van der Waals surface area contributed by atoms with Gasteiger partial charge in [0, 0.05) is 16.9 Å². The first-order chi connectivity index (χ1) is 14.6. The molecule has 30 heavy (non-hydrogen) atoms. The lowest BCUT2D eigenvalue weighted by atomic mass is 9.94. The number of pyridine rings is 1. The van der Waals surface area contributed by atoms with Gasteiger partial charge in [-0.25, -0.2) is 4.98 Å². The van der Waals surface area contributed by atoms with Gasteiger partial charge in [-0.05, 0) is 65.8 Å². The summed E-state index contributed by atoms with van der Waals surface area (Å²) in [6.07, 6.45) is 6.99. The molecule has 0 N–H and O–H groups in total. The molecule has 0 saturated carbocycles. The topological polar surface area (TPSA) is 26.5 Å². The maximum atomic E-state index is 5.96. The predicted molar refractivity (Wildman–Crippen MR) is 133 cm³/mol. The number of benzene rings is 1. The number of imidazole rings is 1. The molecule has 0 unspecified atom stereocenters. The van der Waals surface area contributed by atoms with Gasteiger partial charge in [-0.15, -0.1) is 0 Å². The summed E-state index contributed by atoms with van der Waals surface area (Å²) in [5, 5.41) is 0. The summed E-state index contributed by atoms with van der Waals surface area (Å²) < 4.78 is 8.56. The van der Waals surface area contributed by atoms with E-state index in [1.807, 2.05) is 50.6 Å². The second-order valence-corrected chi connectivity index (χ2v) is 8.36. The lowest BCUT2D eigenvalue weighted by Gasteiger charge is -2.14. The molecule has 0 amide bonds. The number of nitrogens with zero attached hydrogens (tertiary/aromatic N) is 2. The highest BCUT2D eigenvalue weighted by molar-refractivity contribution is 9.11. The zero-order valence-corrected chi connectivity index (χ0v) is 21.3. The Morgan fingerprint density at radius 1 is 1.07 bits per heavy atom. The SMILES string of the molecule is CC.CC.COc1ccc2c(c1)CCCC(Br)=C2c1ccn2cc(C(Cl)Cl)nc2c1. The number of aryl methyl sites for hydroxylation is 1. The second kappa shape index (κ2) is 11.8. The van der Waals surface area contributed by atoms with Crippen LogP contribution in [0.3, 0.4) is 0 Å². The van der Waals surface area contributed by atoms with Crippen LogP contribution in [0.4, 0.5) is 0 Å². The average molecular weight is 512 g/mol. The van der Waals surface area contributed by atoms with Gasteiger partial charge in [0.1, 0.15) is 11.4 Å². The molecule has 1 aliphatic carbocycles. The maximum absolute atomic E-state index is 5.96. The monoisotopic (exact) mass is 510 g/mol. The van der Waals surface area contributed by atoms with Crippen molar-refractivity contribution in [3.8, 4) is 5.75 Å². The van der Waals surface area contributed by atoms with Crippen LogP contribution in [0.15, 0.2) is 47.2 Å². The molecular weight excluding hydrogens is 483 g/mol. The molecule has 1 aromatic carbocycles. The molecule has 0 atom stereocenters. The Morgan fingerprint density at radius 2 is 1.80 bits per heavy atom. The van der Waals surface area contributed by atoms with Crippen LogP contribution in [0, 0.1) is 0 Å². The fraction of sp³-hybridized carbons (Fsp3) is 0.375. The van der Waals surface area contributed by atoms with Crippen LogP contribution in [0.2, 0.25) is 0 Å². The quantitative estimate of drug-likeness (QED) is 0.330. The molecule has 0 radical (unpaired) electrons. The maximum Gasteiger partial charge on any atom is 0.151 e.